The summed E-state index contributed by atoms with van der Waals surface area (Å²) in [6.45, 7) is 11.6. The Hall–Kier alpha value is -0.820. The van der Waals surface area contributed by atoms with Gasteiger partial charge in [-0.2, -0.15) is 0 Å². The maximum Gasteiger partial charge on any atom is 0.0350 e. The van der Waals surface area contributed by atoms with E-state index in [9.17, 15) is 0 Å². The molecule has 20 heavy (non-hydrogen) atoms. The second-order valence-corrected chi connectivity index (χ2v) is 6.50. The van der Waals surface area contributed by atoms with Crippen molar-refractivity contribution < 1.29 is 0 Å². The van der Waals surface area contributed by atoms with Crippen LogP contribution in [0.25, 0.3) is 0 Å². The lowest BCUT2D eigenvalue weighted by Gasteiger charge is -2.30. The molecule has 0 spiro atoms. The topological polar surface area (TPSA) is 12.0 Å². The van der Waals surface area contributed by atoms with E-state index in [-0.39, 0.29) is 0 Å². The van der Waals surface area contributed by atoms with Crippen molar-refractivity contribution in [1.29, 1.82) is 0 Å². The average Bonchev–Trinajstić information content (AvgIpc) is 2.46. The summed E-state index contributed by atoms with van der Waals surface area (Å²) in [4.78, 5) is 0. The van der Waals surface area contributed by atoms with Crippen molar-refractivity contribution in [3.63, 3.8) is 0 Å². The van der Waals surface area contributed by atoms with Crippen molar-refractivity contribution in [1.82, 2.24) is 5.32 Å². The van der Waals surface area contributed by atoms with Gasteiger partial charge in [0.05, 0.1) is 0 Å². The Bertz CT molecular complexity index is 340. The van der Waals surface area contributed by atoms with Crippen molar-refractivity contribution in [2.24, 2.45) is 11.8 Å². The lowest BCUT2D eigenvalue weighted by atomic mass is 9.88. The van der Waals surface area contributed by atoms with Crippen LogP contribution in [0.3, 0.4) is 0 Å². The third-order valence-corrected chi connectivity index (χ3v) is 4.32. The standard InChI is InChI=1S/C19H33N/c1-6-17(7-2)19(18-11-9-8-10-12-18)20-16(5)14-13-15(3)4/h8-12,15-17,19-20H,6-7,13-14H2,1-5H3. The van der Waals surface area contributed by atoms with E-state index in [1.807, 2.05) is 0 Å². The Balaban J connectivity index is 2.73. The van der Waals surface area contributed by atoms with Gasteiger partial charge in [-0.15, -0.1) is 0 Å². The summed E-state index contributed by atoms with van der Waals surface area (Å²) in [5.74, 6) is 1.52. The number of rotatable bonds is 9. The predicted octanol–water partition coefficient (Wildman–Crippen LogP) is 5.58. The van der Waals surface area contributed by atoms with Crippen LogP contribution in [0.1, 0.15) is 71.9 Å². The normalized spacial score (nSPS) is 14.8. The zero-order valence-corrected chi connectivity index (χ0v) is 14.0. The number of hydrogen-bond acceptors (Lipinski definition) is 1. The Morgan fingerprint density at radius 1 is 0.900 bits per heavy atom. The van der Waals surface area contributed by atoms with Crippen molar-refractivity contribution in [3.8, 4) is 0 Å². The summed E-state index contributed by atoms with van der Waals surface area (Å²) in [6.07, 6.45) is 5.04. The van der Waals surface area contributed by atoms with Crippen molar-refractivity contribution in [2.45, 2.75) is 72.4 Å². The molecule has 0 aliphatic carbocycles. The summed E-state index contributed by atoms with van der Waals surface area (Å²) in [7, 11) is 0. The van der Waals surface area contributed by atoms with Gasteiger partial charge in [0.1, 0.15) is 0 Å². The fraction of sp³-hybridized carbons (Fsp3) is 0.684. The molecule has 114 valence electrons. The van der Waals surface area contributed by atoms with Crippen LogP contribution < -0.4 is 5.32 Å². The molecule has 2 atom stereocenters. The molecule has 0 saturated heterocycles. The zero-order chi connectivity index (χ0) is 15.0. The zero-order valence-electron chi connectivity index (χ0n) is 14.0. The lowest BCUT2D eigenvalue weighted by molar-refractivity contribution is 0.301. The molecule has 1 N–H and O–H groups in total. The molecule has 0 bridgehead atoms. The average molecular weight is 275 g/mol. The van der Waals surface area contributed by atoms with Crippen LogP contribution in [-0.4, -0.2) is 6.04 Å². The SMILES string of the molecule is CCC(CC)C(NC(C)CCC(C)C)c1ccccc1. The molecule has 1 heteroatoms. The highest BCUT2D eigenvalue weighted by atomic mass is 15.0. The quantitative estimate of drug-likeness (QED) is 0.620. The van der Waals surface area contributed by atoms with Gasteiger partial charge in [-0.3, -0.25) is 0 Å². The summed E-state index contributed by atoms with van der Waals surface area (Å²) < 4.78 is 0. The number of benzene rings is 1. The molecule has 0 aliphatic heterocycles. The fourth-order valence-electron chi connectivity index (χ4n) is 2.90. The second-order valence-electron chi connectivity index (χ2n) is 6.50. The van der Waals surface area contributed by atoms with Crippen LogP contribution in [-0.2, 0) is 0 Å². The summed E-state index contributed by atoms with van der Waals surface area (Å²) >= 11 is 0. The Kier molecular flexibility index (Phi) is 7.91. The van der Waals surface area contributed by atoms with E-state index >= 15 is 0 Å². The van der Waals surface area contributed by atoms with Crippen LogP contribution in [0.5, 0.6) is 0 Å². The van der Waals surface area contributed by atoms with Crippen molar-refractivity contribution in [2.75, 3.05) is 0 Å². The Morgan fingerprint density at radius 3 is 2.00 bits per heavy atom. The lowest BCUT2D eigenvalue weighted by Crippen LogP contribution is -2.35. The molecule has 0 radical (unpaired) electrons. The van der Waals surface area contributed by atoms with E-state index in [4.69, 9.17) is 0 Å². The van der Waals surface area contributed by atoms with Gasteiger partial charge in [-0.1, -0.05) is 70.9 Å². The molecule has 2 unspecified atom stereocenters. The van der Waals surface area contributed by atoms with Gasteiger partial charge in [0, 0.05) is 12.1 Å². The first-order valence-electron chi connectivity index (χ1n) is 8.39. The van der Waals surface area contributed by atoms with Gasteiger partial charge in [-0.05, 0) is 37.2 Å². The Labute approximate surface area is 126 Å². The van der Waals surface area contributed by atoms with E-state index < -0.39 is 0 Å². The smallest absolute Gasteiger partial charge is 0.0350 e. The van der Waals surface area contributed by atoms with Gasteiger partial charge < -0.3 is 5.32 Å². The highest BCUT2D eigenvalue weighted by molar-refractivity contribution is 5.19. The predicted molar refractivity (Wildman–Crippen MR) is 89.9 cm³/mol. The molecular weight excluding hydrogens is 242 g/mol. The van der Waals surface area contributed by atoms with Gasteiger partial charge in [0.15, 0.2) is 0 Å². The maximum atomic E-state index is 3.89. The second kappa shape index (κ2) is 9.18. The van der Waals surface area contributed by atoms with Gasteiger partial charge in [0.2, 0.25) is 0 Å². The monoisotopic (exact) mass is 275 g/mol. The minimum atomic E-state index is 0.494. The highest BCUT2D eigenvalue weighted by Gasteiger charge is 2.21. The van der Waals surface area contributed by atoms with Gasteiger partial charge in [-0.25, -0.2) is 0 Å². The first-order valence-corrected chi connectivity index (χ1v) is 8.39. The Morgan fingerprint density at radius 2 is 1.50 bits per heavy atom. The summed E-state index contributed by atoms with van der Waals surface area (Å²) in [5.41, 5.74) is 1.44. The molecule has 1 aromatic carbocycles. The first-order chi connectivity index (χ1) is 9.58. The molecule has 0 aliphatic rings. The van der Waals surface area contributed by atoms with Crippen LogP contribution in [0.15, 0.2) is 30.3 Å². The molecule has 0 heterocycles. The molecule has 0 amide bonds. The van der Waals surface area contributed by atoms with Crippen LogP contribution >= 0.6 is 0 Å². The molecule has 1 aromatic rings. The van der Waals surface area contributed by atoms with E-state index in [0.29, 0.717) is 12.1 Å². The van der Waals surface area contributed by atoms with E-state index in [0.717, 1.165) is 11.8 Å². The molecular formula is C19H33N. The van der Waals surface area contributed by atoms with Crippen LogP contribution in [0.4, 0.5) is 0 Å². The number of hydrogen-bond donors (Lipinski definition) is 1. The van der Waals surface area contributed by atoms with Crippen molar-refractivity contribution in [3.05, 3.63) is 35.9 Å². The third kappa shape index (κ3) is 5.66. The largest absolute Gasteiger partial charge is 0.307 e. The minimum absolute atomic E-state index is 0.494. The maximum absolute atomic E-state index is 3.89. The van der Waals surface area contributed by atoms with Crippen molar-refractivity contribution >= 4 is 0 Å². The van der Waals surface area contributed by atoms with Crippen LogP contribution in [0, 0.1) is 11.8 Å². The molecule has 0 fully saturated rings. The molecule has 0 aromatic heterocycles. The van der Waals surface area contributed by atoms with E-state index in [1.165, 1.54) is 31.2 Å². The minimum Gasteiger partial charge on any atom is -0.307 e. The molecule has 1 rings (SSSR count). The van der Waals surface area contributed by atoms with E-state index in [1.54, 1.807) is 0 Å². The van der Waals surface area contributed by atoms with Gasteiger partial charge in [0.25, 0.3) is 0 Å². The van der Waals surface area contributed by atoms with E-state index in [2.05, 4.69) is 70.3 Å². The number of nitrogens with one attached hydrogen (secondary N) is 1. The fourth-order valence-corrected chi connectivity index (χ4v) is 2.90. The highest BCUT2D eigenvalue weighted by Crippen LogP contribution is 2.28. The molecule has 0 saturated carbocycles. The first kappa shape index (κ1) is 17.2. The third-order valence-electron chi connectivity index (χ3n) is 4.32. The summed E-state index contributed by atoms with van der Waals surface area (Å²) in [5, 5.41) is 3.89. The van der Waals surface area contributed by atoms with Gasteiger partial charge >= 0.3 is 0 Å². The summed E-state index contributed by atoms with van der Waals surface area (Å²) in [6, 6.07) is 12.0. The van der Waals surface area contributed by atoms with Crippen LogP contribution in [0.2, 0.25) is 0 Å². The molecule has 1 nitrogen and oxygen atoms in total.